The predicted octanol–water partition coefficient (Wildman–Crippen LogP) is 2.25. The first-order valence-corrected chi connectivity index (χ1v) is 8.20. The van der Waals surface area contributed by atoms with Crippen LogP contribution in [0.4, 0.5) is 5.69 Å². The van der Waals surface area contributed by atoms with Gasteiger partial charge in [-0.2, -0.15) is 11.8 Å². The Morgan fingerprint density at radius 2 is 2.20 bits per heavy atom. The van der Waals surface area contributed by atoms with Crippen LogP contribution < -0.4 is 11.1 Å². The zero-order valence-electron chi connectivity index (χ0n) is 11.4. The summed E-state index contributed by atoms with van der Waals surface area (Å²) in [4.78, 5) is 11.1. The first-order valence-electron chi connectivity index (χ1n) is 7.05. The zero-order chi connectivity index (χ0) is 14.0. The maximum atomic E-state index is 11.1. The monoisotopic (exact) mass is 292 g/mol. The van der Waals surface area contributed by atoms with Crippen molar-refractivity contribution in [3.8, 4) is 0 Å². The van der Waals surface area contributed by atoms with Gasteiger partial charge in [0.25, 0.3) is 0 Å². The number of hydrogen-bond acceptors (Lipinski definition) is 4. The van der Waals surface area contributed by atoms with E-state index in [0.29, 0.717) is 11.6 Å². The van der Waals surface area contributed by atoms with Crippen LogP contribution in [0.25, 0.3) is 0 Å². The second kappa shape index (κ2) is 5.66. The number of primary amides is 1. The summed E-state index contributed by atoms with van der Waals surface area (Å²) in [5.41, 5.74) is 6.93. The molecule has 0 saturated carbocycles. The SMILES string of the molecule is NC(=O)c1ccc(NC2CCOC3(CCSC3)C2)cc1. The highest BCUT2D eigenvalue weighted by Crippen LogP contribution is 2.38. The molecule has 4 nitrogen and oxygen atoms in total. The van der Waals surface area contributed by atoms with E-state index in [-0.39, 0.29) is 11.5 Å². The van der Waals surface area contributed by atoms with Crippen LogP contribution >= 0.6 is 11.8 Å². The number of nitrogens with two attached hydrogens (primary N) is 1. The molecule has 108 valence electrons. The van der Waals surface area contributed by atoms with E-state index in [4.69, 9.17) is 10.5 Å². The molecule has 2 heterocycles. The van der Waals surface area contributed by atoms with Gasteiger partial charge in [0.1, 0.15) is 0 Å². The number of hydrogen-bond donors (Lipinski definition) is 2. The molecule has 3 N–H and O–H groups in total. The summed E-state index contributed by atoms with van der Waals surface area (Å²) >= 11 is 1.99. The molecule has 2 fully saturated rings. The highest BCUT2D eigenvalue weighted by Gasteiger charge is 2.40. The fourth-order valence-corrected chi connectivity index (χ4v) is 4.36. The molecule has 0 aromatic heterocycles. The van der Waals surface area contributed by atoms with Crippen LogP contribution in [-0.4, -0.2) is 35.7 Å². The molecule has 1 aromatic rings. The Labute approximate surface area is 123 Å². The lowest BCUT2D eigenvalue weighted by atomic mass is 9.90. The van der Waals surface area contributed by atoms with Crippen molar-refractivity contribution in [2.75, 3.05) is 23.4 Å². The van der Waals surface area contributed by atoms with Crippen LogP contribution in [-0.2, 0) is 4.74 Å². The second-order valence-corrected chi connectivity index (χ2v) is 6.71. The Kier molecular flexibility index (Phi) is 3.89. The van der Waals surface area contributed by atoms with Gasteiger partial charge in [0.05, 0.1) is 5.60 Å². The number of thioether (sulfide) groups is 1. The van der Waals surface area contributed by atoms with Crippen molar-refractivity contribution in [3.05, 3.63) is 29.8 Å². The molecule has 5 heteroatoms. The zero-order valence-corrected chi connectivity index (χ0v) is 12.2. The van der Waals surface area contributed by atoms with Crippen LogP contribution in [0.2, 0.25) is 0 Å². The summed E-state index contributed by atoms with van der Waals surface area (Å²) in [5.74, 6) is 1.94. The number of benzene rings is 1. The van der Waals surface area contributed by atoms with E-state index in [0.717, 1.165) is 37.3 Å². The molecule has 0 radical (unpaired) electrons. The second-order valence-electron chi connectivity index (χ2n) is 5.61. The van der Waals surface area contributed by atoms with E-state index in [1.54, 1.807) is 12.1 Å². The number of ether oxygens (including phenoxy) is 1. The third kappa shape index (κ3) is 2.94. The molecule has 2 unspecified atom stereocenters. The number of carbonyl (C=O) groups excluding carboxylic acids is 1. The average molecular weight is 292 g/mol. The lowest BCUT2D eigenvalue weighted by molar-refractivity contribution is -0.0628. The van der Waals surface area contributed by atoms with Crippen molar-refractivity contribution >= 4 is 23.4 Å². The molecule has 3 rings (SSSR count). The smallest absolute Gasteiger partial charge is 0.248 e. The molecule has 2 saturated heterocycles. The lowest BCUT2D eigenvalue weighted by Crippen LogP contribution is -2.44. The number of anilines is 1. The van der Waals surface area contributed by atoms with Crippen molar-refractivity contribution < 1.29 is 9.53 Å². The van der Waals surface area contributed by atoms with Crippen LogP contribution in [0, 0.1) is 0 Å². The third-order valence-corrected chi connectivity index (χ3v) is 5.32. The summed E-state index contributed by atoms with van der Waals surface area (Å²) in [6.07, 6.45) is 3.26. The molecule has 1 spiro atoms. The minimum absolute atomic E-state index is 0.0910. The lowest BCUT2D eigenvalue weighted by Gasteiger charge is -2.38. The van der Waals surface area contributed by atoms with Gasteiger partial charge < -0.3 is 15.8 Å². The molecule has 2 atom stereocenters. The van der Waals surface area contributed by atoms with Gasteiger partial charge >= 0.3 is 0 Å². The van der Waals surface area contributed by atoms with Crippen molar-refractivity contribution in [2.24, 2.45) is 5.73 Å². The fourth-order valence-electron chi connectivity index (χ4n) is 2.98. The van der Waals surface area contributed by atoms with Crippen LogP contribution in [0.3, 0.4) is 0 Å². The van der Waals surface area contributed by atoms with Gasteiger partial charge in [0.15, 0.2) is 0 Å². The number of amides is 1. The Morgan fingerprint density at radius 1 is 1.40 bits per heavy atom. The van der Waals surface area contributed by atoms with Gasteiger partial charge in [0.2, 0.25) is 5.91 Å². The fraction of sp³-hybridized carbons (Fsp3) is 0.533. The van der Waals surface area contributed by atoms with Gasteiger partial charge in [-0.1, -0.05) is 0 Å². The molecular weight excluding hydrogens is 272 g/mol. The van der Waals surface area contributed by atoms with E-state index >= 15 is 0 Å². The van der Waals surface area contributed by atoms with Gasteiger partial charge in [-0.05, 0) is 49.3 Å². The maximum absolute atomic E-state index is 11.1. The van der Waals surface area contributed by atoms with Gasteiger partial charge in [-0.3, -0.25) is 4.79 Å². The Balaban J connectivity index is 1.63. The van der Waals surface area contributed by atoms with E-state index < -0.39 is 0 Å². The summed E-state index contributed by atoms with van der Waals surface area (Å²) in [6.45, 7) is 0.831. The molecule has 2 aliphatic heterocycles. The number of rotatable bonds is 3. The molecule has 0 bridgehead atoms. The van der Waals surface area contributed by atoms with Gasteiger partial charge in [0, 0.05) is 29.7 Å². The van der Waals surface area contributed by atoms with E-state index in [1.165, 1.54) is 5.75 Å². The third-order valence-electron chi connectivity index (χ3n) is 4.10. The largest absolute Gasteiger partial charge is 0.382 e. The minimum Gasteiger partial charge on any atom is -0.382 e. The first kappa shape index (κ1) is 13.8. The van der Waals surface area contributed by atoms with Gasteiger partial charge in [-0.15, -0.1) is 0 Å². The molecule has 0 aliphatic carbocycles. The summed E-state index contributed by atoms with van der Waals surface area (Å²) in [5, 5.41) is 3.56. The highest BCUT2D eigenvalue weighted by atomic mass is 32.2. The highest BCUT2D eigenvalue weighted by molar-refractivity contribution is 7.99. The quantitative estimate of drug-likeness (QED) is 0.897. The minimum atomic E-state index is -0.385. The topological polar surface area (TPSA) is 64.4 Å². The van der Waals surface area contributed by atoms with E-state index in [1.807, 2.05) is 23.9 Å². The summed E-state index contributed by atoms with van der Waals surface area (Å²) in [6, 6.07) is 7.83. The number of carbonyl (C=O) groups is 1. The normalized spacial score (nSPS) is 29.5. The predicted molar refractivity (Wildman–Crippen MR) is 82.2 cm³/mol. The molecular formula is C15H20N2O2S. The summed E-state index contributed by atoms with van der Waals surface area (Å²) < 4.78 is 6.02. The molecule has 1 amide bonds. The number of nitrogens with one attached hydrogen (secondary N) is 1. The first-order chi connectivity index (χ1) is 9.67. The van der Waals surface area contributed by atoms with Crippen molar-refractivity contribution in [3.63, 3.8) is 0 Å². The summed E-state index contributed by atoms with van der Waals surface area (Å²) in [7, 11) is 0. The van der Waals surface area contributed by atoms with Crippen molar-refractivity contribution in [2.45, 2.75) is 30.9 Å². The van der Waals surface area contributed by atoms with Crippen molar-refractivity contribution in [1.29, 1.82) is 0 Å². The van der Waals surface area contributed by atoms with Crippen LogP contribution in [0.1, 0.15) is 29.6 Å². The average Bonchev–Trinajstić information content (AvgIpc) is 2.87. The van der Waals surface area contributed by atoms with Gasteiger partial charge in [-0.25, -0.2) is 0 Å². The van der Waals surface area contributed by atoms with E-state index in [2.05, 4.69) is 5.32 Å². The Morgan fingerprint density at radius 3 is 2.85 bits per heavy atom. The Hall–Kier alpha value is -1.20. The van der Waals surface area contributed by atoms with Crippen LogP contribution in [0.15, 0.2) is 24.3 Å². The standard InChI is InChI=1S/C15H20N2O2S/c16-14(18)11-1-3-12(4-2-11)17-13-5-7-19-15(9-13)6-8-20-10-15/h1-4,13,17H,5-10H2,(H2,16,18). The maximum Gasteiger partial charge on any atom is 0.248 e. The molecule has 1 aromatic carbocycles. The molecule has 20 heavy (non-hydrogen) atoms. The Bertz CT molecular complexity index is 483. The van der Waals surface area contributed by atoms with Crippen molar-refractivity contribution in [1.82, 2.24) is 0 Å². The van der Waals surface area contributed by atoms with E-state index in [9.17, 15) is 4.79 Å². The van der Waals surface area contributed by atoms with Crippen LogP contribution in [0.5, 0.6) is 0 Å². The molecule has 2 aliphatic rings.